The lowest BCUT2D eigenvalue weighted by Gasteiger charge is -2.34. The minimum absolute atomic E-state index is 0.00669. The zero-order chi connectivity index (χ0) is 24.7. The number of carbonyl (C=O) groups is 2. The molecule has 7 heteroatoms. The molecule has 0 aliphatic carbocycles. The van der Waals surface area contributed by atoms with Crippen molar-refractivity contribution < 1.29 is 24.5 Å². The molecule has 2 amide bonds. The van der Waals surface area contributed by atoms with E-state index in [0.29, 0.717) is 6.54 Å². The van der Waals surface area contributed by atoms with E-state index in [4.69, 9.17) is 4.74 Å². The van der Waals surface area contributed by atoms with E-state index in [1.165, 1.54) is 0 Å². The van der Waals surface area contributed by atoms with E-state index in [9.17, 15) is 19.8 Å². The largest absolute Gasteiger partial charge is 0.395 e. The second kappa shape index (κ2) is 9.13. The van der Waals surface area contributed by atoms with Crippen LogP contribution in [-0.4, -0.2) is 58.8 Å². The molecule has 0 bridgehead atoms. The van der Waals surface area contributed by atoms with Gasteiger partial charge in [0.05, 0.1) is 30.4 Å². The third-order valence-corrected chi connectivity index (χ3v) is 7.34. The van der Waals surface area contributed by atoms with Crippen molar-refractivity contribution >= 4 is 17.5 Å². The molecular weight excluding hydrogens is 432 g/mol. The predicted molar refractivity (Wildman–Crippen MR) is 129 cm³/mol. The first-order valence-corrected chi connectivity index (χ1v) is 11.8. The Hall–Kier alpha value is -2.74. The number of benzene rings is 2. The second-order valence-corrected chi connectivity index (χ2v) is 9.97. The lowest BCUT2D eigenvalue weighted by Crippen LogP contribution is -2.45. The number of anilines is 1. The van der Waals surface area contributed by atoms with Crippen LogP contribution in [0.15, 0.2) is 54.6 Å². The highest BCUT2D eigenvalue weighted by molar-refractivity contribution is 6.07. The standard InChI is InChI=1S/C27H34N2O5/c1-18-24(26(2,3)33)22(16-23(31)29(14-15-30)17-19-10-6-5-7-11-19)34-27(18)20-12-8-9-13-21(20)28(4)25(27)32/h5-13,18,22,24,30,33H,14-17H2,1-4H3/t18-,22+,24-,27+/m0/s1. The fraction of sp³-hybridized carbons (Fsp3) is 0.481. The smallest absolute Gasteiger partial charge is 0.264 e. The number of hydrogen-bond acceptors (Lipinski definition) is 5. The van der Waals surface area contributed by atoms with Gasteiger partial charge in [-0.25, -0.2) is 0 Å². The van der Waals surface area contributed by atoms with Crippen LogP contribution in [0.4, 0.5) is 5.69 Å². The lowest BCUT2D eigenvalue weighted by molar-refractivity contribution is -0.150. The van der Waals surface area contributed by atoms with Gasteiger partial charge in [0, 0.05) is 37.5 Å². The Morgan fingerprint density at radius 3 is 2.44 bits per heavy atom. The summed E-state index contributed by atoms with van der Waals surface area (Å²) in [6, 6.07) is 17.1. The van der Waals surface area contributed by atoms with Gasteiger partial charge in [0.1, 0.15) is 0 Å². The van der Waals surface area contributed by atoms with Gasteiger partial charge in [-0.1, -0.05) is 55.5 Å². The fourth-order valence-corrected chi connectivity index (χ4v) is 5.86. The first kappa shape index (κ1) is 24.4. The van der Waals surface area contributed by atoms with Gasteiger partial charge in [0.2, 0.25) is 5.91 Å². The van der Waals surface area contributed by atoms with Crippen LogP contribution in [0.3, 0.4) is 0 Å². The van der Waals surface area contributed by atoms with E-state index in [0.717, 1.165) is 16.8 Å². The van der Waals surface area contributed by atoms with Crippen molar-refractivity contribution in [1.82, 2.24) is 4.90 Å². The van der Waals surface area contributed by atoms with Gasteiger partial charge in [-0.2, -0.15) is 0 Å². The average Bonchev–Trinajstić information content (AvgIpc) is 3.21. The monoisotopic (exact) mass is 466 g/mol. The molecule has 2 N–H and O–H groups in total. The first-order chi connectivity index (χ1) is 16.1. The predicted octanol–water partition coefficient (Wildman–Crippen LogP) is 2.69. The molecule has 1 fully saturated rings. The number of aliphatic hydroxyl groups excluding tert-OH is 1. The topological polar surface area (TPSA) is 90.3 Å². The summed E-state index contributed by atoms with van der Waals surface area (Å²) in [4.78, 5) is 30.2. The summed E-state index contributed by atoms with van der Waals surface area (Å²) in [6.45, 7) is 5.74. The Balaban J connectivity index is 1.66. The molecule has 2 heterocycles. The molecule has 1 saturated heterocycles. The molecule has 1 spiro atoms. The minimum atomic E-state index is -1.25. The van der Waals surface area contributed by atoms with Crippen molar-refractivity contribution in [2.45, 2.75) is 51.0 Å². The molecule has 2 aliphatic rings. The quantitative estimate of drug-likeness (QED) is 0.655. The Kier molecular flexibility index (Phi) is 6.55. The van der Waals surface area contributed by atoms with Gasteiger partial charge < -0.3 is 24.7 Å². The van der Waals surface area contributed by atoms with Gasteiger partial charge in [-0.15, -0.1) is 0 Å². The molecule has 2 aromatic rings. The number of hydrogen-bond donors (Lipinski definition) is 2. The molecule has 2 aliphatic heterocycles. The normalized spacial score (nSPS) is 26.2. The molecule has 0 saturated carbocycles. The summed E-state index contributed by atoms with van der Waals surface area (Å²) in [6.07, 6.45) is -0.657. The van der Waals surface area contributed by atoms with Gasteiger partial charge in [-0.3, -0.25) is 9.59 Å². The van der Waals surface area contributed by atoms with Crippen LogP contribution in [0.1, 0.15) is 38.3 Å². The van der Waals surface area contributed by atoms with Crippen molar-refractivity contribution in [1.29, 1.82) is 0 Å². The van der Waals surface area contributed by atoms with Crippen LogP contribution in [0.25, 0.3) is 0 Å². The number of likely N-dealkylation sites (N-methyl/N-ethyl adjacent to an activating group) is 1. The highest BCUT2D eigenvalue weighted by atomic mass is 16.5. The van der Waals surface area contributed by atoms with Crippen LogP contribution in [0, 0.1) is 11.8 Å². The molecule has 0 radical (unpaired) electrons. The summed E-state index contributed by atoms with van der Waals surface area (Å²) in [5, 5.41) is 20.7. The van der Waals surface area contributed by atoms with Crippen molar-refractivity contribution in [2.24, 2.45) is 11.8 Å². The molecule has 4 atom stereocenters. The number of para-hydroxylation sites is 1. The van der Waals surface area contributed by atoms with Gasteiger partial charge in [0.25, 0.3) is 5.91 Å². The van der Waals surface area contributed by atoms with Crippen molar-refractivity contribution in [3.8, 4) is 0 Å². The van der Waals surface area contributed by atoms with Crippen LogP contribution in [0.2, 0.25) is 0 Å². The molecule has 0 aromatic heterocycles. The van der Waals surface area contributed by atoms with E-state index >= 15 is 0 Å². The number of aliphatic hydroxyl groups is 2. The summed E-state index contributed by atoms with van der Waals surface area (Å²) in [5.41, 5.74) is 0.0952. The van der Waals surface area contributed by atoms with Crippen LogP contribution < -0.4 is 4.90 Å². The maximum absolute atomic E-state index is 13.6. The van der Waals surface area contributed by atoms with E-state index in [-0.39, 0.29) is 37.3 Å². The van der Waals surface area contributed by atoms with Crippen LogP contribution >= 0.6 is 0 Å². The number of fused-ring (bicyclic) bond motifs is 2. The molecule has 0 unspecified atom stereocenters. The number of nitrogens with zero attached hydrogens (tertiary/aromatic N) is 2. The van der Waals surface area contributed by atoms with E-state index < -0.39 is 23.2 Å². The van der Waals surface area contributed by atoms with E-state index in [1.54, 1.807) is 30.7 Å². The molecule has 2 aromatic carbocycles. The van der Waals surface area contributed by atoms with Crippen molar-refractivity contribution in [3.63, 3.8) is 0 Å². The minimum Gasteiger partial charge on any atom is -0.395 e. The highest BCUT2D eigenvalue weighted by Crippen LogP contribution is 2.57. The molecular formula is C27H34N2O5. The summed E-state index contributed by atoms with van der Waals surface area (Å²) >= 11 is 0. The van der Waals surface area contributed by atoms with E-state index in [2.05, 4.69) is 0 Å². The van der Waals surface area contributed by atoms with Gasteiger partial charge >= 0.3 is 0 Å². The van der Waals surface area contributed by atoms with Crippen LogP contribution in [-0.2, 0) is 26.5 Å². The number of carbonyl (C=O) groups excluding carboxylic acids is 2. The molecule has 4 rings (SSSR count). The molecule has 7 nitrogen and oxygen atoms in total. The van der Waals surface area contributed by atoms with Crippen LogP contribution in [0.5, 0.6) is 0 Å². The maximum atomic E-state index is 13.6. The maximum Gasteiger partial charge on any atom is 0.264 e. The molecule has 34 heavy (non-hydrogen) atoms. The number of amides is 2. The summed E-state index contributed by atoms with van der Waals surface area (Å²) in [7, 11) is 1.73. The lowest BCUT2D eigenvalue weighted by atomic mass is 9.71. The average molecular weight is 467 g/mol. The Morgan fingerprint density at radius 2 is 1.79 bits per heavy atom. The van der Waals surface area contributed by atoms with Gasteiger partial charge in [-0.05, 0) is 25.5 Å². The highest BCUT2D eigenvalue weighted by Gasteiger charge is 2.65. The second-order valence-electron chi connectivity index (χ2n) is 9.97. The van der Waals surface area contributed by atoms with Crippen molar-refractivity contribution in [3.05, 3.63) is 65.7 Å². The summed E-state index contributed by atoms with van der Waals surface area (Å²) < 4.78 is 6.56. The van der Waals surface area contributed by atoms with E-state index in [1.807, 2.05) is 61.5 Å². The van der Waals surface area contributed by atoms with Crippen molar-refractivity contribution in [2.75, 3.05) is 25.1 Å². The SMILES string of the molecule is C[C@H]1[C@H](C(C)(C)O)[C@@H](CC(=O)N(CCO)Cc2ccccc2)O[C@]12C(=O)N(C)c1ccccc12. The Labute approximate surface area is 200 Å². The third-order valence-electron chi connectivity index (χ3n) is 7.34. The zero-order valence-electron chi connectivity index (χ0n) is 20.3. The third kappa shape index (κ3) is 4.02. The fourth-order valence-electron chi connectivity index (χ4n) is 5.86. The molecule has 182 valence electrons. The van der Waals surface area contributed by atoms with Gasteiger partial charge in [0.15, 0.2) is 5.60 Å². The Bertz CT molecular complexity index is 1050. The first-order valence-electron chi connectivity index (χ1n) is 11.8. The number of ether oxygens (including phenoxy) is 1. The summed E-state index contributed by atoms with van der Waals surface area (Å²) in [5.74, 6) is -1.17. The number of rotatable bonds is 7. The zero-order valence-corrected chi connectivity index (χ0v) is 20.3. The Morgan fingerprint density at radius 1 is 1.15 bits per heavy atom.